The maximum Gasteiger partial charge on any atom is 0.0738 e. The van der Waals surface area contributed by atoms with Crippen molar-refractivity contribution in [3.63, 3.8) is 0 Å². The molecule has 1 atom stereocenters. The molecule has 1 unspecified atom stereocenters. The van der Waals surface area contributed by atoms with E-state index in [1.54, 1.807) is 0 Å². The fraction of sp³-hybridized carbons (Fsp3) is 0.769. The van der Waals surface area contributed by atoms with Crippen LogP contribution in [-0.4, -0.2) is 22.9 Å². The Morgan fingerprint density at radius 3 is 2.65 bits per heavy atom. The SMILES string of the molecule is CCn1nc(C)c(Br)c1CC(NC)C1(C)CC1. The third-order valence-corrected chi connectivity index (χ3v) is 5.11. The summed E-state index contributed by atoms with van der Waals surface area (Å²) in [6, 6.07) is 0.556. The van der Waals surface area contributed by atoms with Gasteiger partial charge in [0.1, 0.15) is 0 Å². The number of hydrogen-bond acceptors (Lipinski definition) is 2. The number of hydrogen-bond donors (Lipinski definition) is 1. The van der Waals surface area contributed by atoms with Crippen molar-refractivity contribution in [1.29, 1.82) is 0 Å². The first-order chi connectivity index (χ1) is 8.01. The van der Waals surface area contributed by atoms with E-state index in [9.17, 15) is 0 Å². The molecule has 2 rings (SSSR count). The highest BCUT2D eigenvalue weighted by Crippen LogP contribution is 2.49. The molecule has 96 valence electrons. The molecule has 17 heavy (non-hydrogen) atoms. The Morgan fingerprint density at radius 1 is 1.53 bits per heavy atom. The van der Waals surface area contributed by atoms with Crippen LogP contribution >= 0.6 is 15.9 Å². The highest BCUT2D eigenvalue weighted by Gasteiger charge is 2.44. The van der Waals surface area contributed by atoms with E-state index in [0.29, 0.717) is 11.5 Å². The van der Waals surface area contributed by atoms with Crippen LogP contribution in [0.5, 0.6) is 0 Å². The third kappa shape index (κ3) is 2.43. The van der Waals surface area contributed by atoms with E-state index in [1.807, 2.05) is 0 Å². The molecule has 0 aliphatic heterocycles. The van der Waals surface area contributed by atoms with E-state index in [4.69, 9.17) is 0 Å². The summed E-state index contributed by atoms with van der Waals surface area (Å²) in [7, 11) is 2.07. The third-order valence-electron chi connectivity index (χ3n) is 4.08. The van der Waals surface area contributed by atoms with E-state index in [1.165, 1.54) is 23.0 Å². The molecule has 0 aromatic carbocycles. The second-order valence-corrected chi connectivity index (χ2v) is 6.15. The van der Waals surface area contributed by atoms with E-state index < -0.39 is 0 Å². The molecule has 1 fully saturated rings. The lowest BCUT2D eigenvalue weighted by atomic mass is 9.94. The average molecular weight is 300 g/mol. The normalized spacial score (nSPS) is 19.4. The summed E-state index contributed by atoms with van der Waals surface area (Å²) in [6.07, 6.45) is 3.74. The first-order valence-electron chi connectivity index (χ1n) is 6.41. The number of likely N-dealkylation sites (N-methyl/N-ethyl adjacent to an activating group) is 1. The highest BCUT2D eigenvalue weighted by atomic mass is 79.9. The van der Waals surface area contributed by atoms with Gasteiger partial charge in [0.15, 0.2) is 0 Å². The topological polar surface area (TPSA) is 29.9 Å². The first kappa shape index (κ1) is 13.1. The number of rotatable bonds is 5. The van der Waals surface area contributed by atoms with E-state index in [2.05, 4.69) is 58.8 Å². The number of nitrogens with one attached hydrogen (secondary N) is 1. The minimum Gasteiger partial charge on any atom is -0.316 e. The number of aromatic nitrogens is 2. The minimum absolute atomic E-state index is 0.491. The fourth-order valence-electron chi connectivity index (χ4n) is 2.50. The second-order valence-electron chi connectivity index (χ2n) is 5.36. The van der Waals surface area contributed by atoms with E-state index >= 15 is 0 Å². The molecule has 1 N–H and O–H groups in total. The predicted octanol–water partition coefficient (Wildman–Crippen LogP) is 2.90. The van der Waals surface area contributed by atoms with Gasteiger partial charge >= 0.3 is 0 Å². The van der Waals surface area contributed by atoms with Crippen LogP contribution in [0.25, 0.3) is 0 Å². The molecular weight excluding hydrogens is 278 g/mol. The largest absolute Gasteiger partial charge is 0.316 e. The van der Waals surface area contributed by atoms with Gasteiger partial charge < -0.3 is 5.32 Å². The molecule has 0 saturated heterocycles. The van der Waals surface area contributed by atoms with Crippen molar-refractivity contribution >= 4 is 15.9 Å². The first-order valence-corrected chi connectivity index (χ1v) is 7.20. The standard InChI is InChI=1S/C13H22BrN3/c1-5-17-10(12(14)9(2)16-17)8-11(15-4)13(3)6-7-13/h11,15H,5-8H2,1-4H3. The summed E-state index contributed by atoms with van der Waals surface area (Å²) in [5.74, 6) is 0. The second kappa shape index (κ2) is 4.73. The summed E-state index contributed by atoms with van der Waals surface area (Å²) in [4.78, 5) is 0. The van der Waals surface area contributed by atoms with Crippen molar-refractivity contribution in [3.05, 3.63) is 15.9 Å². The Bertz CT molecular complexity index is 407. The summed E-state index contributed by atoms with van der Waals surface area (Å²) in [6.45, 7) is 7.53. The summed E-state index contributed by atoms with van der Waals surface area (Å²) < 4.78 is 3.30. The monoisotopic (exact) mass is 299 g/mol. The molecular formula is C13H22BrN3. The van der Waals surface area contributed by atoms with Gasteiger partial charge in [0.25, 0.3) is 0 Å². The molecule has 1 heterocycles. The van der Waals surface area contributed by atoms with Gasteiger partial charge in [-0.05, 0) is 55.1 Å². The Balaban J connectivity index is 2.22. The number of nitrogens with zero attached hydrogens (tertiary/aromatic N) is 2. The maximum atomic E-state index is 4.56. The molecule has 3 nitrogen and oxygen atoms in total. The zero-order valence-corrected chi connectivity index (χ0v) is 12.8. The lowest BCUT2D eigenvalue weighted by molar-refractivity contribution is 0.367. The molecule has 1 aromatic heterocycles. The summed E-state index contributed by atoms with van der Waals surface area (Å²) in [5.41, 5.74) is 2.92. The minimum atomic E-state index is 0.491. The van der Waals surface area contributed by atoms with Gasteiger partial charge in [0, 0.05) is 19.0 Å². The zero-order chi connectivity index (χ0) is 12.6. The van der Waals surface area contributed by atoms with Crippen LogP contribution in [0.15, 0.2) is 4.47 Å². The van der Waals surface area contributed by atoms with Gasteiger partial charge in [0.05, 0.1) is 15.9 Å². The van der Waals surface area contributed by atoms with Crippen LogP contribution in [0.1, 0.15) is 38.1 Å². The van der Waals surface area contributed by atoms with Crippen molar-refractivity contribution in [3.8, 4) is 0 Å². The zero-order valence-electron chi connectivity index (χ0n) is 11.2. The molecule has 0 amide bonds. The Morgan fingerprint density at radius 2 is 2.18 bits per heavy atom. The quantitative estimate of drug-likeness (QED) is 0.906. The lowest BCUT2D eigenvalue weighted by Crippen LogP contribution is -2.36. The smallest absolute Gasteiger partial charge is 0.0738 e. The molecule has 0 spiro atoms. The number of aryl methyl sites for hydroxylation is 2. The van der Waals surface area contributed by atoms with Gasteiger partial charge in [0.2, 0.25) is 0 Å². The van der Waals surface area contributed by atoms with Crippen molar-refractivity contribution in [2.45, 2.75) is 52.6 Å². The van der Waals surface area contributed by atoms with Gasteiger partial charge in [-0.15, -0.1) is 0 Å². The van der Waals surface area contributed by atoms with Crippen LogP contribution < -0.4 is 5.32 Å². The van der Waals surface area contributed by atoms with Crippen molar-refractivity contribution in [2.75, 3.05) is 7.05 Å². The van der Waals surface area contributed by atoms with Gasteiger partial charge in [-0.2, -0.15) is 5.10 Å². The van der Waals surface area contributed by atoms with Crippen LogP contribution in [0.2, 0.25) is 0 Å². The summed E-state index contributed by atoms with van der Waals surface area (Å²) in [5, 5.41) is 8.04. The maximum absolute atomic E-state index is 4.56. The Hall–Kier alpha value is -0.350. The van der Waals surface area contributed by atoms with E-state index in [-0.39, 0.29) is 0 Å². The molecule has 0 bridgehead atoms. The Labute approximate surface area is 112 Å². The van der Waals surface area contributed by atoms with Crippen LogP contribution in [0.3, 0.4) is 0 Å². The molecule has 1 aliphatic carbocycles. The fourth-order valence-corrected chi connectivity index (χ4v) is 2.95. The van der Waals surface area contributed by atoms with Gasteiger partial charge in [-0.1, -0.05) is 6.92 Å². The molecule has 0 radical (unpaired) electrons. The predicted molar refractivity (Wildman–Crippen MR) is 74.2 cm³/mol. The van der Waals surface area contributed by atoms with Gasteiger partial charge in [-0.25, -0.2) is 0 Å². The van der Waals surface area contributed by atoms with Crippen molar-refractivity contribution in [2.24, 2.45) is 5.41 Å². The average Bonchev–Trinajstić information content (AvgIpc) is 2.99. The van der Waals surface area contributed by atoms with Crippen LogP contribution in [0.4, 0.5) is 0 Å². The molecule has 4 heteroatoms. The van der Waals surface area contributed by atoms with Gasteiger partial charge in [-0.3, -0.25) is 4.68 Å². The summed E-state index contributed by atoms with van der Waals surface area (Å²) >= 11 is 3.68. The van der Waals surface area contributed by atoms with Crippen molar-refractivity contribution in [1.82, 2.24) is 15.1 Å². The number of halogens is 1. The van der Waals surface area contributed by atoms with E-state index in [0.717, 1.165) is 18.7 Å². The highest BCUT2D eigenvalue weighted by molar-refractivity contribution is 9.10. The molecule has 1 aliphatic rings. The lowest BCUT2D eigenvalue weighted by Gasteiger charge is -2.23. The van der Waals surface area contributed by atoms with Crippen LogP contribution in [0, 0.1) is 12.3 Å². The Kier molecular flexibility index (Phi) is 3.64. The van der Waals surface area contributed by atoms with Crippen LogP contribution in [-0.2, 0) is 13.0 Å². The molecule has 1 saturated carbocycles. The van der Waals surface area contributed by atoms with Crippen molar-refractivity contribution < 1.29 is 0 Å². The molecule has 1 aromatic rings.